The van der Waals surface area contributed by atoms with Gasteiger partial charge < -0.3 is 10.1 Å². The fourth-order valence-electron chi connectivity index (χ4n) is 3.23. The van der Waals surface area contributed by atoms with Gasteiger partial charge in [-0.25, -0.2) is 4.79 Å². The van der Waals surface area contributed by atoms with E-state index in [0.717, 1.165) is 24.3 Å². The lowest BCUT2D eigenvalue weighted by atomic mass is 10.0. The Morgan fingerprint density at radius 3 is 2.56 bits per heavy atom. The molecule has 0 spiro atoms. The number of anilines is 1. The fraction of sp³-hybridized carbons (Fsp3) is 0.364. The van der Waals surface area contributed by atoms with Crippen LogP contribution < -0.4 is 10.1 Å². The van der Waals surface area contributed by atoms with E-state index in [0.29, 0.717) is 30.2 Å². The van der Waals surface area contributed by atoms with E-state index in [1.807, 2.05) is 30.3 Å². The summed E-state index contributed by atoms with van der Waals surface area (Å²) in [7, 11) is 0. The predicted molar refractivity (Wildman–Crippen MR) is 106 cm³/mol. The van der Waals surface area contributed by atoms with Crippen LogP contribution in [0.5, 0.6) is 5.75 Å². The third-order valence-electron chi connectivity index (χ3n) is 4.89. The van der Waals surface area contributed by atoms with Crippen LogP contribution in [-0.2, 0) is 17.8 Å². The van der Waals surface area contributed by atoms with Gasteiger partial charge in [0.2, 0.25) is 5.91 Å². The summed E-state index contributed by atoms with van der Waals surface area (Å²) in [5.41, 5.74) is 3.48. The van der Waals surface area contributed by atoms with Crippen molar-refractivity contribution >= 4 is 17.6 Å². The molecule has 5 nitrogen and oxygen atoms in total. The summed E-state index contributed by atoms with van der Waals surface area (Å²) in [5.74, 6) is 0.139. The lowest BCUT2D eigenvalue weighted by Gasteiger charge is -2.24. The highest BCUT2D eigenvalue weighted by Crippen LogP contribution is 2.27. The fourth-order valence-corrected chi connectivity index (χ4v) is 3.23. The second-order valence-electron chi connectivity index (χ2n) is 7.11. The Kier molecular flexibility index (Phi) is 5.91. The summed E-state index contributed by atoms with van der Waals surface area (Å²) in [6, 6.07) is 13.4. The first-order valence-corrected chi connectivity index (χ1v) is 9.44. The molecule has 1 N–H and O–H groups in total. The predicted octanol–water partition coefficient (Wildman–Crippen LogP) is 4.02. The molecule has 0 aliphatic carbocycles. The maximum atomic E-state index is 12.4. The molecule has 0 atom stereocenters. The minimum absolute atomic E-state index is 0.0199. The molecule has 1 aliphatic heterocycles. The van der Waals surface area contributed by atoms with Crippen molar-refractivity contribution in [3.8, 4) is 5.75 Å². The van der Waals surface area contributed by atoms with Crippen LogP contribution in [0.25, 0.3) is 0 Å². The number of esters is 1. The lowest BCUT2D eigenvalue weighted by Crippen LogP contribution is -2.29. The number of carbonyl (C=O) groups excluding carboxylic acids is 2. The third-order valence-corrected chi connectivity index (χ3v) is 4.89. The Hall–Kier alpha value is -2.66. The van der Waals surface area contributed by atoms with Crippen LogP contribution in [0.4, 0.5) is 5.69 Å². The maximum absolute atomic E-state index is 12.4. The molecule has 0 saturated heterocycles. The van der Waals surface area contributed by atoms with E-state index in [1.54, 1.807) is 12.1 Å². The van der Waals surface area contributed by atoms with Gasteiger partial charge in [-0.3, -0.25) is 9.69 Å². The van der Waals surface area contributed by atoms with E-state index in [9.17, 15) is 9.59 Å². The van der Waals surface area contributed by atoms with Gasteiger partial charge in [0.15, 0.2) is 0 Å². The Balaban J connectivity index is 1.65. The quantitative estimate of drug-likeness (QED) is 0.620. The van der Waals surface area contributed by atoms with Gasteiger partial charge in [0, 0.05) is 24.7 Å². The number of hydrogen-bond acceptors (Lipinski definition) is 4. The number of rotatable bonds is 6. The highest BCUT2D eigenvalue weighted by molar-refractivity contribution is 5.94. The lowest BCUT2D eigenvalue weighted by molar-refractivity contribution is -0.116. The Labute approximate surface area is 160 Å². The average molecular weight is 366 g/mol. The van der Waals surface area contributed by atoms with Crippen LogP contribution in [-0.4, -0.2) is 29.4 Å². The van der Waals surface area contributed by atoms with Crippen molar-refractivity contribution in [3.63, 3.8) is 0 Å². The first kappa shape index (κ1) is 19.1. The smallest absolute Gasteiger partial charge is 0.343 e. The Bertz CT molecular complexity index is 828. The van der Waals surface area contributed by atoms with E-state index in [-0.39, 0.29) is 11.9 Å². The topological polar surface area (TPSA) is 58.6 Å². The van der Waals surface area contributed by atoms with E-state index < -0.39 is 0 Å². The number of benzene rings is 2. The minimum Gasteiger partial charge on any atom is -0.423 e. The molecule has 5 heteroatoms. The molecule has 27 heavy (non-hydrogen) atoms. The molecular formula is C22H26N2O3. The van der Waals surface area contributed by atoms with Gasteiger partial charge in [0.1, 0.15) is 5.75 Å². The van der Waals surface area contributed by atoms with Crippen molar-refractivity contribution in [2.45, 2.75) is 46.2 Å². The molecule has 0 bridgehead atoms. The zero-order valence-corrected chi connectivity index (χ0v) is 16.1. The number of aryl methyl sites for hydroxylation is 1. The number of nitrogens with zero attached hydrogens (tertiary/aromatic N) is 1. The highest BCUT2D eigenvalue weighted by atomic mass is 16.5. The van der Waals surface area contributed by atoms with Gasteiger partial charge >= 0.3 is 5.97 Å². The zero-order chi connectivity index (χ0) is 19.4. The van der Waals surface area contributed by atoms with E-state index in [4.69, 9.17) is 4.74 Å². The van der Waals surface area contributed by atoms with Crippen LogP contribution in [0.3, 0.4) is 0 Å². The molecule has 0 unspecified atom stereocenters. The van der Waals surface area contributed by atoms with Crippen molar-refractivity contribution in [2.75, 3.05) is 11.9 Å². The standard InChI is InChI=1S/C22H26N2O3/c1-4-24(15(2)3)14-16-5-7-17(8-6-16)22(26)27-19-10-11-20-18(13-19)9-12-21(25)23-20/h5-8,10-11,13,15H,4,9,12,14H2,1-3H3,(H,23,25). The minimum atomic E-state index is -0.377. The van der Waals surface area contributed by atoms with Gasteiger partial charge in [0.25, 0.3) is 0 Å². The Morgan fingerprint density at radius 2 is 1.89 bits per heavy atom. The molecule has 1 amide bonds. The average Bonchev–Trinajstić information content (AvgIpc) is 2.66. The molecule has 2 aromatic carbocycles. The molecule has 1 heterocycles. The molecule has 0 fully saturated rings. The van der Waals surface area contributed by atoms with Crippen LogP contribution in [0.15, 0.2) is 42.5 Å². The van der Waals surface area contributed by atoms with E-state index in [1.165, 1.54) is 5.56 Å². The number of hydrogen-bond donors (Lipinski definition) is 1. The number of fused-ring (bicyclic) bond motifs is 1. The number of nitrogens with one attached hydrogen (secondary N) is 1. The molecule has 1 aliphatic rings. The summed E-state index contributed by atoms with van der Waals surface area (Å²) in [6.45, 7) is 8.36. The van der Waals surface area contributed by atoms with Crippen molar-refractivity contribution in [1.29, 1.82) is 0 Å². The van der Waals surface area contributed by atoms with E-state index >= 15 is 0 Å². The first-order chi connectivity index (χ1) is 13.0. The number of ether oxygens (including phenoxy) is 1. The van der Waals surface area contributed by atoms with Crippen molar-refractivity contribution in [2.24, 2.45) is 0 Å². The largest absolute Gasteiger partial charge is 0.423 e. The van der Waals surface area contributed by atoms with Crippen LogP contribution in [0.1, 0.15) is 48.7 Å². The van der Waals surface area contributed by atoms with Crippen molar-refractivity contribution in [1.82, 2.24) is 4.90 Å². The second-order valence-corrected chi connectivity index (χ2v) is 7.11. The van der Waals surface area contributed by atoms with Gasteiger partial charge in [-0.15, -0.1) is 0 Å². The Morgan fingerprint density at radius 1 is 1.15 bits per heavy atom. The summed E-state index contributed by atoms with van der Waals surface area (Å²) < 4.78 is 5.51. The zero-order valence-electron chi connectivity index (χ0n) is 16.1. The van der Waals surface area contributed by atoms with Crippen molar-refractivity contribution in [3.05, 3.63) is 59.2 Å². The summed E-state index contributed by atoms with van der Waals surface area (Å²) in [4.78, 5) is 26.2. The number of carbonyl (C=O) groups is 2. The second kappa shape index (κ2) is 8.35. The van der Waals surface area contributed by atoms with Gasteiger partial charge in [0.05, 0.1) is 5.56 Å². The molecule has 0 aromatic heterocycles. The monoisotopic (exact) mass is 366 g/mol. The summed E-state index contributed by atoms with van der Waals surface area (Å²) in [6.07, 6.45) is 1.11. The van der Waals surface area contributed by atoms with Crippen LogP contribution in [0, 0.1) is 0 Å². The van der Waals surface area contributed by atoms with Crippen LogP contribution >= 0.6 is 0 Å². The highest BCUT2D eigenvalue weighted by Gasteiger charge is 2.16. The molecule has 0 saturated carbocycles. The third kappa shape index (κ3) is 4.74. The maximum Gasteiger partial charge on any atom is 0.343 e. The molecule has 142 valence electrons. The van der Waals surface area contributed by atoms with Gasteiger partial charge in [-0.1, -0.05) is 19.1 Å². The summed E-state index contributed by atoms with van der Waals surface area (Å²) in [5, 5.41) is 2.82. The van der Waals surface area contributed by atoms with Crippen molar-refractivity contribution < 1.29 is 14.3 Å². The van der Waals surface area contributed by atoms with Crippen LogP contribution in [0.2, 0.25) is 0 Å². The molecular weight excluding hydrogens is 340 g/mol. The SMILES string of the molecule is CCN(Cc1ccc(C(=O)Oc2ccc3c(c2)CCC(=O)N3)cc1)C(C)C. The first-order valence-electron chi connectivity index (χ1n) is 9.44. The summed E-state index contributed by atoms with van der Waals surface area (Å²) >= 11 is 0. The molecule has 0 radical (unpaired) electrons. The normalized spacial score (nSPS) is 13.4. The number of amides is 1. The molecule has 2 aromatic rings. The molecule has 3 rings (SSSR count). The van der Waals surface area contributed by atoms with Gasteiger partial charge in [-0.2, -0.15) is 0 Å². The van der Waals surface area contributed by atoms with Gasteiger partial charge in [-0.05, 0) is 68.3 Å². The van der Waals surface area contributed by atoms with E-state index in [2.05, 4.69) is 31.0 Å².